The Morgan fingerprint density at radius 2 is 1.73 bits per heavy atom. The molecule has 11 N–H and O–H groups in total. The molecule has 40 heavy (non-hydrogen) atoms. The van der Waals surface area contributed by atoms with Crippen molar-refractivity contribution in [2.45, 2.75) is 63.7 Å². The minimum absolute atomic E-state index is 0.100. The van der Waals surface area contributed by atoms with Gasteiger partial charge in [0.2, 0.25) is 17.7 Å². The molecule has 2 aromatic rings. The number of carboxylic acids is 1. The van der Waals surface area contributed by atoms with E-state index >= 15 is 0 Å². The van der Waals surface area contributed by atoms with Crippen LogP contribution in [-0.2, 0) is 25.6 Å². The van der Waals surface area contributed by atoms with Crippen molar-refractivity contribution in [3.63, 3.8) is 0 Å². The number of amides is 3. The number of fused-ring (bicyclic) bond motifs is 1. The zero-order valence-electron chi connectivity index (χ0n) is 22.7. The molecule has 0 spiro atoms. The van der Waals surface area contributed by atoms with Crippen molar-refractivity contribution in [2.24, 2.45) is 28.1 Å². The lowest BCUT2D eigenvalue weighted by molar-refractivity contribution is -0.142. The first-order valence-electron chi connectivity index (χ1n) is 13.1. The molecule has 0 aliphatic heterocycles. The summed E-state index contributed by atoms with van der Waals surface area (Å²) in [5.41, 5.74) is 18.8. The van der Waals surface area contributed by atoms with Crippen LogP contribution < -0.4 is 33.2 Å². The molecule has 0 bridgehead atoms. The maximum Gasteiger partial charge on any atom is 0.327 e. The molecule has 0 radical (unpaired) electrons. The second kappa shape index (κ2) is 15.7. The largest absolute Gasteiger partial charge is 0.480 e. The predicted octanol–water partition coefficient (Wildman–Crippen LogP) is -0.394. The Balaban J connectivity index is 2.18. The quantitative estimate of drug-likeness (QED) is 0.0551. The topological polar surface area (TPSA) is 231 Å². The zero-order valence-corrected chi connectivity index (χ0v) is 23.6. The molecule has 5 unspecified atom stereocenters. The number of hydrogen-bond donors (Lipinski definition) is 9. The Labute approximate surface area is 238 Å². The SMILES string of the molecule is CCC(C)C(NC(=O)C(CCCN=C(N)N)NC(=O)C(N)Cc1c[nH]c2ccccc12)C(=O)NC(CS)C(=O)O. The number of carbonyl (C=O) groups is 4. The van der Waals surface area contributed by atoms with Crippen molar-refractivity contribution in [1.82, 2.24) is 20.9 Å². The first kappa shape index (κ1) is 32.4. The number of nitrogens with one attached hydrogen (secondary N) is 4. The third-order valence-electron chi connectivity index (χ3n) is 6.62. The summed E-state index contributed by atoms with van der Waals surface area (Å²) in [6.07, 6.45) is 3.07. The first-order chi connectivity index (χ1) is 19.0. The van der Waals surface area contributed by atoms with Crippen LogP contribution in [0.2, 0.25) is 0 Å². The van der Waals surface area contributed by atoms with Crippen LogP contribution in [0, 0.1) is 5.92 Å². The number of carbonyl (C=O) groups excluding carboxylic acids is 3. The molecule has 1 aromatic heterocycles. The molecule has 0 aliphatic rings. The number of nitrogens with zero attached hydrogens (tertiary/aromatic N) is 1. The van der Waals surface area contributed by atoms with Crippen molar-refractivity contribution in [2.75, 3.05) is 12.3 Å². The van der Waals surface area contributed by atoms with Crippen LogP contribution >= 0.6 is 12.6 Å². The van der Waals surface area contributed by atoms with Crippen molar-refractivity contribution in [3.05, 3.63) is 36.0 Å². The number of H-pyrrole nitrogens is 1. The van der Waals surface area contributed by atoms with Gasteiger partial charge in [0.15, 0.2) is 5.96 Å². The molecular formula is C26H40N8O5S. The molecule has 1 aromatic carbocycles. The number of nitrogens with two attached hydrogens (primary N) is 3. The fourth-order valence-corrected chi connectivity index (χ4v) is 4.33. The molecule has 14 heteroatoms. The number of para-hydroxylation sites is 1. The highest BCUT2D eigenvalue weighted by Crippen LogP contribution is 2.19. The summed E-state index contributed by atoms with van der Waals surface area (Å²) in [5.74, 6) is -3.62. The Morgan fingerprint density at radius 1 is 1.05 bits per heavy atom. The van der Waals surface area contributed by atoms with Gasteiger partial charge in [0.25, 0.3) is 0 Å². The van der Waals surface area contributed by atoms with Crippen LogP contribution in [0.25, 0.3) is 10.9 Å². The van der Waals surface area contributed by atoms with E-state index in [2.05, 4.69) is 38.6 Å². The van der Waals surface area contributed by atoms with Crippen molar-refractivity contribution in [1.29, 1.82) is 0 Å². The van der Waals surface area contributed by atoms with Crippen LogP contribution in [-0.4, -0.2) is 76.2 Å². The predicted molar refractivity (Wildman–Crippen MR) is 157 cm³/mol. The lowest BCUT2D eigenvalue weighted by Crippen LogP contribution is -2.59. The molecule has 1 heterocycles. The van der Waals surface area contributed by atoms with E-state index in [0.29, 0.717) is 12.8 Å². The Kier molecular flexibility index (Phi) is 12.7. The number of benzene rings is 1. The number of aromatic nitrogens is 1. The molecule has 0 saturated carbocycles. The lowest BCUT2D eigenvalue weighted by Gasteiger charge is -2.28. The number of aliphatic imine (C=N–C) groups is 1. The van der Waals surface area contributed by atoms with Gasteiger partial charge < -0.3 is 43.2 Å². The second-order valence-electron chi connectivity index (χ2n) is 9.63. The van der Waals surface area contributed by atoms with E-state index in [1.54, 1.807) is 13.1 Å². The summed E-state index contributed by atoms with van der Waals surface area (Å²) < 4.78 is 0. The standard InChI is InChI=1S/C26H40N8O5S/c1-3-14(2)21(24(37)33-20(13-40)25(38)39)34-23(36)19(9-6-10-30-26(28)29)32-22(35)17(27)11-15-12-31-18-8-5-4-7-16(15)18/h4-5,7-8,12,14,17,19-21,31,40H,3,6,9-11,13,27H2,1-2H3,(H,32,35)(H,33,37)(H,34,36)(H,38,39)(H4,28,29,30). The van der Waals surface area contributed by atoms with E-state index in [0.717, 1.165) is 16.5 Å². The van der Waals surface area contributed by atoms with E-state index in [1.165, 1.54) is 0 Å². The molecule has 5 atom stereocenters. The van der Waals surface area contributed by atoms with Gasteiger partial charge in [0.05, 0.1) is 6.04 Å². The van der Waals surface area contributed by atoms with Gasteiger partial charge in [-0.05, 0) is 36.8 Å². The summed E-state index contributed by atoms with van der Waals surface area (Å²) in [7, 11) is 0. The molecular weight excluding hydrogens is 536 g/mol. The van der Waals surface area contributed by atoms with Gasteiger partial charge in [-0.25, -0.2) is 4.79 Å². The Morgan fingerprint density at radius 3 is 2.35 bits per heavy atom. The summed E-state index contributed by atoms with van der Waals surface area (Å²) in [4.78, 5) is 57.8. The molecule has 13 nitrogen and oxygen atoms in total. The number of aliphatic carboxylic acids is 1. The molecule has 0 aliphatic carbocycles. The summed E-state index contributed by atoms with van der Waals surface area (Å²) >= 11 is 3.97. The third kappa shape index (κ3) is 9.45. The second-order valence-corrected chi connectivity index (χ2v) is 10.00. The fourth-order valence-electron chi connectivity index (χ4n) is 4.08. The fraction of sp³-hybridized carbons (Fsp3) is 0.500. The number of hydrogen-bond acceptors (Lipinski definition) is 7. The summed E-state index contributed by atoms with van der Waals surface area (Å²) in [6.45, 7) is 3.81. The van der Waals surface area contributed by atoms with Gasteiger partial charge in [0.1, 0.15) is 18.1 Å². The lowest BCUT2D eigenvalue weighted by atomic mass is 9.97. The molecule has 2 rings (SSSR count). The highest BCUT2D eigenvalue weighted by atomic mass is 32.1. The minimum Gasteiger partial charge on any atom is -0.480 e. The Bertz CT molecular complexity index is 1200. The summed E-state index contributed by atoms with van der Waals surface area (Å²) in [6, 6.07) is 3.36. The third-order valence-corrected chi connectivity index (χ3v) is 6.99. The van der Waals surface area contributed by atoms with Gasteiger partial charge in [-0.3, -0.25) is 19.4 Å². The molecule has 0 saturated heterocycles. The summed E-state index contributed by atoms with van der Waals surface area (Å²) in [5, 5.41) is 18.0. The Hall–Kier alpha value is -3.78. The number of thiol groups is 1. The van der Waals surface area contributed by atoms with E-state index in [4.69, 9.17) is 17.2 Å². The molecule has 220 valence electrons. The zero-order chi connectivity index (χ0) is 29.8. The van der Waals surface area contributed by atoms with Crippen LogP contribution in [0.4, 0.5) is 0 Å². The van der Waals surface area contributed by atoms with Gasteiger partial charge in [-0.2, -0.15) is 12.6 Å². The average Bonchev–Trinajstić information content (AvgIpc) is 3.33. The average molecular weight is 577 g/mol. The number of carboxylic acid groups (broad SMARTS) is 1. The maximum absolute atomic E-state index is 13.4. The number of guanidine groups is 1. The van der Waals surface area contributed by atoms with E-state index in [1.807, 2.05) is 31.2 Å². The molecule has 0 fully saturated rings. The minimum atomic E-state index is -1.24. The van der Waals surface area contributed by atoms with E-state index in [-0.39, 0.29) is 37.0 Å². The first-order valence-corrected chi connectivity index (χ1v) is 13.7. The maximum atomic E-state index is 13.4. The number of aromatic amines is 1. The van der Waals surface area contributed by atoms with Gasteiger partial charge in [-0.1, -0.05) is 38.5 Å². The van der Waals surface area contributed by atoms with Crippen LogP contribution in [0.3, 0.4) is 0 Å². The normalized spacial score (nSPS) is 14.8. The van der Waals surface area contributed by atoms with Gasteiger partial charge in [-0.15, -0.1) is 0 Å². The number of rotatable bonds is 16. The van der Waals surface area contributed by atoms with Gasteiger partial charge in [0, 0.05) is 29.4 Å². The highest BCUT2D eigenvalue weighted by molar-refractivity contribution is 7.80. The van der Waals surface area contributed by atoms with E-state index < -0.39 is 47.9 Å². The van der Waals surface area contributed by atoms with Crippen LogP contribution in [0.15, 0.2) is 35.5 Å². The van der Waals surface area contributed by atoms with Crippen molar-refractivity contribution in [3.8, 4) is 0 Å². The highest BCUT2D eigenvalue weighted by Gasteiger charge is 2.32. The monoisotopic (exact) mass is 576 g/mol. The van der Waals surface area contributed by atoms with Crippen molar-refractivity contribution < 1.29 is 24.3 Å². The smallest absolute Gasteiger partial charge is 0.327 e. The molecule has 3 amide bonds. The van der Waals surface area contributed by atoms with Crippen LogP contribution in [0.5, 0.6) is 0 Å². The van der Waals surface area contributed by atoms with E-state index in [9.17, 15) is 24.3 Å². The van der Waals surface area contributed by atoms with Crippen molar-refractivity contribution >= 4 is 53.2 Å². The van der Waals surface area contributed by atoms with Crippen LogP contribution in [0.1, 0.15) is 38.7 Å². The van der Waals surface area contributed by atoms with Gasteiger partial charge >= 0.3 is 5.97 Å².